The van der Waals surface area contributed by atoms with Crippen molar-refractivity contribution in [1.29, 1.82) is 0 Å². The highest BCUT2D eigenvalue weighted by Gasteiger charge is 2.57. The molecule has 0 unspecified atom stereocenters. The lowest BCUT2D eigenvalue weighted by Gasteiger charge is -2.48. The van der Waals surface area contributed by atoms with Crippen LogP contribution in [0.15, 0.2) is 23.1 Å². The molecular formula is C88H143N17O31. The number of phenolic OH excluding ortho intramolecular Hbond substituents is 4. The monoisotopic (exact) mass is 1930 g/mol. The van der Waals surface area contributed by atoms with Crippen LogP contribution in [0.25, 0.3) is 21.9 Å². The van der Waals surface area contributed by atoms with E-state index in [2.05, 4.69) is 26.4 Å². The summed E-state index contributed by atoms with van der Waals surface area (Å²) in [5.41, 5.74) is 62.4. The van der Waals surface area contributed by atoms with E-state index < -0.39 is 240 Å². The molecule has 11 aliphatic rings. The number of carboxylic acids is 1. The van der Waals surface area contributed by atoms with Crippen LogP contribution in [0.5, 0.6) is 28.7 Å². The van der Waals surface area contributed by atoms with Gasteiger partial charge in [0.2, 0.25) is 5.78 Å². The maximum Gasteiger partial charge on any atom is 0.325 e. The number of hydrogen-bond acceptors (Lipinski definition) is 46. The fourth-order valence-electron chi connectivity index (χ4n) is 20.3. The van der Waals surface area contributed by atoms with Gasteiger partial charge in [0.25, 0.3) is 5.56 Å². The number of aliphatic hydroxyl groups is 9. The minimum absolute atomic E-state index is 0.00160. The number of aliphatic carboxylic acids is 1. The molecule has 5 aliphatic carbocycles. The lowest BCUT2D eigenvalue weighted by molar-refractivity contribution is -0.307. The number of carbonyl (C=O) groups is 3. The fraction of sp³-hybridized carbons (Fsp3) is 0.739. The topological polar surface area (TPSA) is 824 Å². The number of phenols is 4. The second-order valence-corrected chi connectivity index (χ2v) is 38.4. The van der Waals surface area contributed by atoms with Gasteiger partial charge in [-0.2, -0.15) is 5.10 Å². The Bertz CT molecular complexity index is 4860. The third-order valence-electron chi connectivity index (χ3n) is 28.2. The maximum absolute atomic E-state index is 13.7. The van der Waals surface area contributed by atoms with Crippen molar-refractivity contribution in [3.05, 3.63) is 67.6 Å². The van der Waals surface area contributed by atoms with Gasteiger partial charge in [0.1, 0.15) is 125 Å². The molecule has 15 rings (SSSR count). The third-order valence-corrected chi connectivity index (χ3v) is 28.2. The molecule has 766 valence electrons. The van der Waals surface area contributed by atoms with Crippen LogP contribution >= 0.6 is 0 Å². The molecule has 9 fully saturated rings. The van der Waals surface area contributed by atoms with Gasteiger partial charge in [0.05, 0.1) is 110 Å². The van der Waals surface area contributed by atoms with E-state index in [9.17, 15) is 85.6 Å². The molecule has 7 heterocycles. The molecule has 136 heavy (non-hydrogen) atoms. The number of likely N-dealkylation sites (N-methyl/N-ethyl adjacent to an activating group) is 4. The number of aromatic nitrogens is 2. The Morgan fingerprint density at radius 2 is 0.919 bits per heavy atom. The van der Waals surface area contributed by atoms with Gasteiger partial charge >= 0.3 is 5.97 Å². The highest BCUT2D eigenvalue weighted by atomic mass is 16.7. The van der Waals surface area contributed by atoms with Gasteiger partial charge in [-0.25, -0.2) is 4.68 Å². The molecule has 48 nitrogen and oxygen atoms in total. The lowest BCUT2D eigenvalue weighted by atomic mass is 9.75. The Labute approximate surface area is 785 Å². The molecule has 6 saturated heterocycles. The summed E-state index contributed by atoms with van der Waals surface area (Å²) < 4.78 is 76.7. The van der Waals surface area contributed by atoms with Gasteiger partial charge in [-0.15, -0.1) is 0 Å². The van der Waals surface area contributed by atoms with Crippen molar-refractivity contribution >= 4 is 28.3 Å². The Hall–Kier alpha value is -6.83. The van der Waals surface area contributed by atoms with Crippen molar-refractivity contribution in [1.82, 2.24) is 31.0 Å². The van der Waals surface area contributed by atoms with Crippen molar-refractivity contribution < 1.29 is 147 Å². The number of ether oxygens (including phenoxy) is 13. The van der Waals surface area contributed by atoms with E-state index in [1.807, 2.05) is 20.9 Å². The van der Waals surface area contributed by atoms with Crippen LogP contribution in [-0.4, -0.2) is 391 Å². The minimum atomic E-state index is -1.32. The van der Waals surface area contributed by atoms with Crippen LogP contribution in [0.4, 0.5) is 0 Å². The Kier molecular flexibility index (Phi) is 35.2. The number of nitrogens with two attached hydrogens (primary N) is 11. The molecule has 4 aromatic rings. The molecule has 0 radical (unpaired) electrons. The van der Waals surface area contributed by atoms with Gasteiger partial charge < -0.3 is 217 Å². The average Bonchev–Trinajstić information content (AvgIpc) is 0.700. The minimum Gasteiger partial charge on any atom is -0.508 e. The first-order valence-corrected chi connectivity index (χ1v) is 46.0. The molecule has 0 amide bonds. The largest absolute Gasteiger partial charge is 0.508 e. The highest BCUT2D eigenvalue weighted by molar-refractivity contribution is 6.32. The van der Waals surface area contributed by atoms with Crippen LogP contribution in [0.1, 0.15) is 141 Å². The van der Waals surface area contributed by atoms with Crippen molar-refractivity contribution in [3.63, 3.8) is 0 Å². The Morgan fingerprint density at radius 1 is 0.515 bits per heavy atom. The number of aryl methyl sites for hydroxylation is 1. The van der Waals surface area contributed by atoms with Gasteiger partial charge in [-0.3, -0.25) is 19.2 Å². The quantitative estimate of drug-likeness (QED) is 0.0306. The van der Waals surface area contributed by atoms with Crippen molar-refractivity contribution in [2.24, 2.45) is 63.1 Å². The summed E-state index contributed by atoms with van der Waals surface area (Å²) >= 11 is 0. The number of rotatable bonds is 22. The number of nitrogens with one attached hydrogen (secondary N) is 4. The molecule has 40 N–H and O–H groups in total. The van der Waals surface area contributed by atoms with Crippen LogP contribution < -0.4 is 94.6 Å². The number of carboxylic acid groups (broad SMARTS) is 1. The van der Waals surface area contributed by atoms with E-state index >= 15 is 0 Å². The number of ketones is 2. The summed E-state index contributed by atoms with van der Waals surface area (Å²) in [6.07, 6.45) is -11.5. The zero-order valence-corrected chi connectivity index (χ0v) is 78.2. The molecule has 3 saturated carbocycles. The number of aromatic hydroxyl groups is 4. The van der Waals surface area contributed by atoms with Gasteiger partial charge in [0.15, 0.2) is 43.5 Å². The Morgan fingerprint density at radius 3 is 1.32 bits per heavy atom. The first kappa shape index (κ1) is 108. The SMILES string of the molecule is CN[C@@H]1[C@@H](O)[C@@H](O[C@@H]2[C@@H](O)[C@H](O[C@H]3O[C@H](CN)CC[C@H]3N)[C@@H](N)C[C@H]2N)OC[C@]1(C)O.CN[C@@H]1[C@@H](O)[C@@H](O[C@@H]2[C@@H](O)[C@H](O[C@H]3O[C@H]([C@@H](C)N)CC[C@H]3N)[C@@H](N)C[C@H]2N)OC[C@]1(C)O.CN[C@@H]1[C@@H](O)[C@@H](O[C@@H]2[C@@H](O)[C@H](O[C@H]3O[C@H]([C@@H](C)NC)CC[C@H]3N)[C@@H](N)C[C@H]2N)OC[C@]1(C)O.COc1c2c(c(O)c3c1C(=O)c1c(cc(O)c(C)c1O)C3=O)-c1c(cc3cnn(CC(=O)O)c(=O)c3c1O)CC2. The predicted molar refractivity (Wildman–Crippen MR) is 483 cm³/mol. The smallest absolute Gasteiger partial charge is 0.325 e. The summed E-state index contributed by atoms with van der Waals surface area (Å²) in [6.45, 7) is 9.33. The first-order chi connectivity index (χ1) is 64.0. The van der Waals surface area contributed by atoms with Crippen LogP contribution in [0.2, 0.25) is 0 Å². The average molecular weight is 1940 g/mol. The van der Waals surface area contributed by atoms with Crippen LogP contribution in [0.3, 0.4) is 0 Å². The number of carbonyl (C=O) groups excluding carboxylic acids is 2. The zero-order valence-electron chi connectivity index (χ0n) is 78.2. The van der Waals surface area contributed by atoms with E-state index in [1.165, 1.54) is 20.2 Å². The van der Waals surface area contributed by atoms with E-state index in [0.29, 0.717) is 60.9 Å². The third kappa shape index (κ3) is 22.2. The number of benzene rings is 3. The first-order valence-electron chi connectivity index (χ1n) is 46.0. The predicted octanol–water partition coefficient (Wildman–Crippen LogP) is -8.73. The summed E-state index contributed by atoms with van der Waals surface area (Å²) in [5, 5.41) is 165. The maximum atomic E-state index is 13.7. The molecule has 1 aromatic heterocycles. The second kappa shape index (κ2) is 44.4. The normalized spacial score (nSPS) is 40.0. The fourth-order valence-corrected chi connectivity index (χ4v) is 20.3. The molecule has 38 atom stereocenters. The van der Waals surface area contributed by atoms with Crippen molar-refractivity contribution in [2.45, 2.75) is 349 Å². The van der Waals surface area contributed by atoms with Crippen LogP contribution in [0, 0.1) is 6.92 Å². The zero-order chi connectivity index (χ0) is 100.0. The van der Waals surface area contributed by atoms with Gasteiger partial charge in [0, 0.05) is 88.1 Å². The summed E-state index contributed by atoms with van der Waals surface area (Å²) in [6, 6.07) is -4.22. The molecular weight excluding hydrogens is 1790 g/mol. The summed E-state index contributed by atoms with van der Waals surface area (Å²) in [5.74, 6) is -5.22. The van der Waals surface area contributed by atoms with Crippen molar-refractivity contribution in [2.75, 3.05) is 61.7 Å². The number of methoxy groups -OCH3 is 1. The summed E-state index contributed by atoms with van der Waals surface area (Å²) in [4.78, 5) is 51.7. The molecule has 0 spiro atoms. The van der Waals surface area contributed by atoms with Gasteiger partial charge in [-0.1, -0.05) is 0 Å². The van der Waals surface area contributed by atoms with Gasteiger partial charge in [-0.05, 0) is 158 Å². The highest BCUT2D eigenvalue weighted by Crippen LogP contribution is 2.55. The molecule has 48 heteroatoms. The summed E-state index contributed by atoms with van der Waals surface area (Å²) in [7, 11) is 8.01. The van der Waals surface area contributed by atoms with Crippen molar-refractivity contribution in [3.8, 4) is 39.9 Å². The molecule has 0 bridgehead atoms. The number of hydrogen-bond donors (Lipinski definition) is 29. The van der Waals surface area contributed by atoms with E-state index in [1.54, 1.807) is 48.0 Å². The van der Waals surface area contributed by atoms with E-state index in [4.69, 9.17) is 130 Å². The number of fused-ring (bicyclic) bond motifs is 6. The standard InChI is InChI=1S/C28H20N2O10.C21H43N5O7.C20H41N5O7.C19H39N5O7/c1-9-14(31)6-13-19(22(9)34)26(38)21-20(23(13)35)25(37)18-12(27(21)40-2)4-3-10-5-11-7-29-30(8-15(32)33)28(39)17(11)24(36)16(10)18;1-9(25-3)13-6-5-10(22)19(31-13)32-16-11(23)7-12(24)17(14(16)27)33-20-15(28)18(26-4)21(2,29)8-30-20;1-8(21)12-5-4-9(22)18(30-12)31-15-10(23)6-11(24)16(13(15)26)32-19-14(27)17(25-3)20(2,28)7-29-19;1-19(27)7-28-18(13(26)16(19)24-2)31-15-11(23)5-10(22)14(12(15)25)30-17-9(21)4-3-8(6-20)29-17/h5-7,31,34,36-37H,3-4,8H2,1-2H3,(H,32,33);9-20,25-29H,5-8,22-24H2,1-4H3;8-19,25-28H,4-7,21-24H2,1-3H3;8-18,24-27H,3-7,20-23H2,1-2H3/t;9-,10-,11+,12-,13+,14+,15-,16-,17+,18-,19-,20-,21+;8-,9-,10+,11-,12+,13+,14-,15-,16+,17-,18-,19-,20+;8-,9+,10-,11+,12-,13+,14+,15-,16+,17+,18+,19-/m.110/s1. The Balaban J connectivity index is 0.000000164. The molecule has 3 aromatic carbocycles. The van der Waals surface area contributed by atoms with Crippen LogP contribution in [-0.2, 0) is 81.0 Å². The second-order valence-electron chi connectivity index (χ2n) is 38.4. The number of aliphatic hydroxyl groups excluding tert-OH is 6. The van der Waals surface area contributed by atoms with E-state index in [0.717, 1.165) is 25.3 Å². The van der Waals surface area contributed by atoms with E-state index in [-0.39, 0.29) is 131 Å². The number of nitrogens with zero attached hydrogens (tertiary/aromatic N) is 2. The lowest BCUT2D eigenvalue weighted by Crippen LogP contribution is -2.68. The molecule has 6 aliphatic heterocycles.